The lowest BCUT2D eigenvalue weighted by Gasteiger charge is -2.54. The molecule has 2 aromatic heterocycles. The number of methoxy groups -OCH3 is 2. The topological polar surface area (TPSA) is 157 Å². The fraction of sp³-hybridized carbons (Fsp3) is 0.244. The van der Waals surface area contributed by atoms with Gasteiger partial charge in [-0.05, 0) is 47.4 Å². The second kappa shape index (κ2) is 14.4. The van der Waals surface area contributed by atoms with Gasteiger partial charge in [-0.1, -0.05) is 82.7 Å². The molecule has 0 bridgehead atoms. The normalized spacial score (nSPS) is 21.0. The molecule has 1 aliphatic heterocycles. The summed E-state index contributed by atoms with van der Waals surface area (Å²) in [6, 6.07) is 25.6. The maximum atomic E-state index is 15.2. The van der Waals surface area contributed by atoms with Gasteiger partial charge in [0.25, 0.3) is 5.56 Å². The zero-order valence-corrected chi connectivity index (χ0v) is 33.9. The summed E-state index contributed by atoms with van der Waals surface area (Å²) in [6.45, 7) is -0.169. The van der Waals surface area contributed by atoms with E-state index in [0.29, 0.717) is 49.3 Å². The molecule has 0 radical (unpaired) electrons. The summed E-state index contributed by atoms with van der Waals surface area (Å²) in [6.07, 6.45) is 3.26. The molecule has 6 aromatic rings. The number of phenols is 1. The second-order valence-electron chi connectivity index (χ2n) is 15.0. The Morgan fingerprint density at radius 2 is 1.58 bits per heavy atom. The van der Waals surface area contributed by atoms with Crippen LogP contribution in [0.3, 0.4) is 0 Å². The van der Waals surface area contributed by atoms with Gasteiger partial charge in [0.2, 0.25) is 0 Å². The van der Waals surface area contributed by atoms with Crippen molar-refractivity contribution in [2.45, 2.75) is 43.3 Å². The summed E-state index contributed by atoms with van der Waals surface area (Å²) in [5.41, 5.74) is 0.480. The van der Waals surface area contributed by atoms with Gasteiger partial charge in [0.1, 0.15) is 11.4 Å². The van der Waals surface area contributed by atoms with Gasteiger partial charge in [0.15, 0.2) is 23.1 Å². The van der Waals surface area contributed by atoms with Gasteiger partial charge in [-0.2, -0.15) is 0 Å². The van der Waals surface area contributed by atoms with E-state index in [9.17, 15) is 19.5 Å². The van der Waals surface area contributed by atoms with E-state index in [-0.39, 0.29) is 54.5 Å². The summed E-state index contributed by atoms with van der Waals surface area (Å²) in [5.74, 6) is -1.74. The molecule has 0 spiro atoms. The van der Waals surface area contributed by atoms with Gasteiger partial charge in [-0.3, -0.25) is 14.4 Å². The van der Waals surface area contributed by atoms with Crippen LogP contribution < -0.4 is 26.4 Å². The second-order valence-corrected chi connectivity index (χ2v) is 16.0. The van der Waals surface area contributed by atoms with Gasteiger partial charge in [-0.25, -0.2) is 28.5 Å². The minimum Gasteiger partial charge on any atom is -0.508 e. The van der Waals surface area contributed by atoms with Crippen LogP contribution in [-0.2, 0) is 41.6 Å². The summed E-state index contributed by atoms with van der Waals surface area (Å²) >= 11 is 3.56. The van der Waals surface area contributed by atoms with Crippen LogP contribution in [0.5, 0.6) is 17.2 Å². The molecule has 0 amide bonds. The lowest BCUT2D eigenvalue weighted by atomic mass is 9.47. The molecular weight excluding hydrogens is 818 g/mol. The Labute approximate surface area is 345 Å². The average molecular weight is 857 g/mol. The number of Topliss-reactive ketones (excluding diaryl/α,β-unsaturated/α-hetero) is 1. The van der Waals surface area contributed by atoms with Crippen molar-refractivity contribution >= 4 is 44.1 Å². The van der Waals surface area contributed by atoms with Crippen molar-refractivity contribution in [3.05, 3.63) is 167 Å². The average Bonchev–Trinajstić information content (AvgIpc) is 3.50. The highest BCUT2D eigenvalue weighted by Crippen LogP contribution is 2.62. The molecular formula is C45H38BrN5O8. The number of aryl methyl sites for hydroxylation is 2. The smallest absolute Gasteiger partial charge is 0.347 e. The minimum absolute atomic E-state index is 0.0153. The van der Waals surface area contributed by atoms with E-state index in [2.05, 4.69) is 20.9 Å². The van der Waals surface area contributed by atoms with Crippen molar-refractivity contribution in [2.75, 3.05) is 14.2 Å². The molecule has 0 saturated heterocycles. The number of aromatic hydroxyl groups is 1. The third-order valence-electron chi connectivity index (χ3n) is 12.2. The van der Waals surface area contributed by atoms with Crippen LogP contribution in [0.15, 0.2) is 128 Å². The molecule has 3 aliphatic rings. The molecule has 13 nitrogen and oxygen atoms in total. The number of ketones is 2. The van der Waals surface area contributed by atoms with Gasteiger partial charge >= 0.3 is 11.4 Å². The predicted molar refractivity (Wildman–Crippen MR) is 223 cm³/mol. The standard InChI is InChI=1S/C45H38BrN5O8/c1-48-35-24-38(59-3)37(58-2)23-33(35)47-32(42(48)55)17-18-49-43(56)50-19-16-28-34(51(50)44(49)57)22-31-41(54)29(25-10-6-4-7-11-25)21-39(53)45(31,26-12-8-5-9-13-26)40(28)30-20-27(46)14-15-36(30)52/h4-16,20-21,23-24,31,34,40,52H,17-19,22H2,1-3H3. The van der Waals surface area contributed by atoms with Gasteiger partial charge < -0.3 is 19.1 Å². The molecule has 2 aliphatic carbocycles. The highest BCUT2D eigenvalue weighted by Gasteiger charge is 2.63. The van der Waals surface area contributed by atoms with Crippen molar-refractivity contribution in [1.82, 2.24) is 23.5 Å². The van der Waals surface area contributed by atoms with Gasteiger partial charge in [0, 0.05) is 59.6 Å². The van der Waals surface area contributed by atoms with E-state index >= 15 is 9.59 Å². The van der Waals surface area contributed by atoms with E-state index in [4.69, 9.17) is 9.47 Å². The van der Waals surface area contributed by atoms with Crippen molar-refractivity contribution < 1.29 is 24.2 Å². The molecule has 1 saturated carbocycles. The number of hydrogen-bond acceptors (Lipinski definition) is 9. The van der Waals surface area contributed by atoms with Crippen LogP contribution in [-0.4, -0.2) is 54.4 Å². The van der Waals surface area contributed by atoms with E-state index in [1.54, 1.807) is 55.6 Å². The molecule has 1 N–H and O–H groups in total. The third-order valence-corrected chi connectivity index (χ3v) is 12.7. The first kappa shape index (κ1) is 38.0. The van der Waals surface area contributed by atoms with E-state index in [1.165, 1.54) is 40.3 Å². The number of fused-ring (bicyclic) bond motifs is 5. The van der Waals surface area contributed by atoms with Crippen LogP contribution in [0, 0.1) is 5.92 Å². The maximum absolute atomic E-state index is 15.2. The third kappa shape index (κ3) is 5.71. The molecule has 4 unspecified atom stereocenters. The SMILES string of the molecule is COc1cc2nc(CCn3c(=O)n4n(c3=O)C3CC5C(=O)C(c6ccccc6)=CC(=O)C5(c5ccccc5)C(c5cc(Br)ccc5O)C3=CC4)c(=O)n(C)c2cc1OC. The van der Waals surface area contributed by atoms with E-state index in [1.807, 2.05) is 42.5 Å². The number of rotatable bonds is 8. The zero-order chi connectivity index (χ0) is 41.3. The summed E-state index contributed by atoms with van der Waals surface area (Å²) in [4.78, 5) is 77.3. The Bertz CT molecular complexity index is 2980. The Balaban J connectivity index is 1.19. The Hall–Kier alpha value is -6.54. The first-order valence-electron chi connectivity index (χ1n) is 19.1. The van der Waals surface area contributed by atoms with E-state index < -0.39 is 40.2 Å². The number of carbonyl (C=O) groups excluding carboxylic acids is 2. The monoisotopic (exact) mass is 855 g/mol. The number of halogens is 1. The lowest BCUT2D eigenvalue weighted by molar-refractivity contribution is -0.133. The highest BCUT2D eigenvalue weighted by atomic mass is 79.9. The fourth-order valence-corrected chi connectivity index (χ4v) is 9.94. The minimum atomic E-state index is -1.51. The summed E-state index contributed by atoms with van der Waals surface area (Å²) in [7, 11) is 4.61. The Morgan fingerprint density at radius 1 is 0.881 bits per heavy atom. The molecule has 59 heavy (non-hydrogen) atoms. The zero-order valence-electron chi connectivity index (χ0n) is 32.3. The van der Waals surface area contributed by atoms with Crippen molar-refractivity contribution in [3.8, 4) is 17.2 Å². The summed E-state index contributed by atoms with van der Waals surface area (Å²) < 4.78 is 16.8. The number of aromatic nitrogens is 5. The van der Waals surface area contributed by atoms with Gasteiger partial charge in [-0.15, -0.1) is 0 Å². The van der Waals surface area contributed by atoms with Crippen LogP contribution in [0.4, 0.5) is 0 Å². The fourth-order valence-electron chi connectivity index (χ4n) is 9.57. The van der Waals surface area contributed by atoms with Gasteiger partial charge in [0.05, 0.1) is 43.3 Å². The molecule has 9 rings (SSSR count). The van der Waals surface area contributed by atoms with Crippen LogP contribution >= 0.6 is 15.9 Å². The van der Waals surface area contributed by atoms with Crippen LogP contribution in [0.1, 0.15) is 40.8 Å². The van der Waals surface area contributed by atoms with Crippen molar-refractivity contribution in [1.29, 1.82) is 0 Å². The molecule has 4 atom stereocenters. The van der Waals surface area contributed by atoms with E-state index in [0.717, 1.165) is 4.57 Å². The molecule has 4 aromatic carbocycles. The number of carbonyl (C=O) groups is 2. The lowest BCUT2D eigenvalue weighted by Crippen LogP contribution is -2.58. The highest BCUT2D eigenvalue weighted by molar-refractivity contribution is 9.10. The predicted octanol–water partition coefficient (Wildman–Crippen LogP) is 5.24. The number of benzene rings is 4. The Kier molecular flexibility index (Phi) is 9.26. The number of ether oxygens (including phenoxy) is 2. The largest absolute Gasteiger partial charge is 0.508 e. The van der Waals surface area contributed by atoms with Crippen molar-refractivity contribution in [3.63, 3.8) is 0 Å². The maximum Gasteiger partial charge on any atom is 0.347 e. The number of phenolic OH excluding ortho intramolecular Hbond substituents is 1. The summed E-state index contributed by atoms with van der Waals surface area (Å²) in [5, 5.41) is 11.6. The first-order chi connectivity index (χ1) is 28.5. The number of allylic oxidation sites excluding steroid dienone is 4. The first-order valence-corrected chi connectivity index (χ1v) is 19.9. The molecule has 3 heterocycles. The molecule has 1 fully saturated rings. The van der Waals surface area contributed by atoms with Crippen LogP contribution in [0.2, 0.25) is 0 Å². The Morgan fingerprint density at radius 3 is 2.29 bits per heavy atom. The number of hydrogen-bond donors (Lipinski definition) is 1. The molecule has 14 heteroatoms. The quantitative estimate of drug-likeness (QED) is 0.202. The number of nitrogens with zero attached hydrogens (tertiary/aromatic N) is 5. The molecule has 298 valence electrons. The van der Waals surface area contributed by atoms with Crippen molar-refractivity contribution in [2.24, 2.45) is 13.0 Å². The van der Waals surface area contributed by atoms with Crippen LogP contribution in [0.25, 0.3) is 16.6 Å².